The Kier molecular flexibility index (Phi) is 4.70. The summed E-state index contributed by atoms with van der Waals surface area (Å²) in [6.07, 6.45) is 4.25. The summed E-state index contributed by atoms with van der Waals surface area (Å²) in [4.78, 5) is 11.5. The number of carbonyl (C=O) groups excluding carboxylic acids is 1. The second-order valence-electron chi connectivity index (χ2n) is 5.01. The number of carbonyl (C=O) groups is 1. The van der Waals surface area contributed by atoms with Crippen LogP contribution in [-0.4, -0.2) is 18.9 Å². The van der Waals surface area contributed by atoms with Crippen LogP contribution in [0.5, 0.6) is 0 Å². The molecule has 0 aliphatic heterocycles. The minimum Gasteiger partial charge on any atom is -0.453 e. The molecule has 0 heterocycles. The van der Waals surface area contributed by atoms with Gasteiger partial charge in [0.1, 0.15) is 11.5 Å². The summed E-state index contributed by atoms with van der Waals surface area (Å²) >= 11 is 5.78. The molecule has 4 nitrogen and oxygen atoms in total. The Bertz CT molecular complexity index is 490. The lowest BCUT2D eigenvalue weighted by molar-refractivity contribution is 0.150. The number of anilines is 1. The Morgan fingerprint density at radius 3 is 2.65 bits per heavy atom. The van der Waals surface area contributed by atoms with Gasteiger partial charge in [-0.1, -0.05) is 18.0 Å². The number of benzene rings is 1. The highest BCUT2D eigenvalue weighted by Crippen LogP contribution is 2.31. The maximum Gasteiger partial charge on any atom is 0.408 e. The van der Waals surface area contributed by atoms with Gasteiger partial charge < -0.3 is 10.1 Å². The van der Waals surface area contributed by atoms with Gasteiger partial charge in [-0.05, 0) is 43.9 Å². The molecule has 20 heavy (non-hydrogen) atoms. The van der Waals surface area contributed by atoms with Gasteiger partial charge in [0.2, 0.25) is 0 Å². The number of hydrogen-bond donors (Lipinski definition) is 2. The first-order valence-corrected chi connectivity index (χ1v) is 7.02. The zero-order chi connectivity index (χ0) is 14.6. The molecule has 0 spiro atoms. The molecule has 0 bridgehead atoms. The highest BCUT2D eigenvalue weighted by Gasteiger charge is 2.34. The third-order valence-corrected chi connectivity index (χ3v) is 3.83. The number of methoxy groups -OCH3 is 1. The molecule has 1 aliphatic carbocycles. The Morgan fingerprint density at radius 2 is 2.05 bits per heavy atom. The molecule has 1 fully saturated rings. The third kappa shape index (κ3) is 3.54. The monoisotopic (exact) mass is 300 g/mol. The molecule has 110 valence electrons. The molecule has 0 aromatic heterocycles. The summed E-state index contributed by atoms with van der Waals surface area (Å²) in [5.74, 6) is -0.462. The summed E-state index contributed by atoms with van der Waals surface area (Å²) < 4.78 is 17.9. The summed E-state index contributed by atoms with van der Waals surface area (Å²) in [6, 6.07) is 4.43. The van der Waals surface area contributed by atoms with Gasteiger partial charge in [0.25, 0.3) is 0 Å². The number of amides is 1. The average molecular weight is 301 g/mol. The van der Waals surface area contributed by atoms with E-state index in [0.717, 1.165) is 32.1 Å². The first kappa shape index (κ1) is 14.9. The maximum atomic E-state index is 13.2. The molecule has 0 atom stereocenters. The Hall–Kier alpha value is -1.49. The van der Waals surface area contributed by atoms with Gasteiger partial charge in [0.15, 0.2) is 0 Å². The second-order valence-corrected chi connectivity index (χ2v) is 5.42. The molecule has 1 aliphatic rings. The smallest absolute Gasteiger partial charge is 0.408 e. The molecule has 1 saturated carbocycles. The van der Waals surface area contributed by atoms with E-state index in [0.29, 0.717) is 5.69 Å². The van der Waals surface area contributed by atoms with E-state index in [1.54, 1.807) is 6.07 Å². The molecule has 1 aromatic rings. The highest BCUT2D eigenvalue weighted by molar-refractivity contribution is 6.31. The molecule has 0 radical (unpaired) electrons. The van der Waals surface area contributed by atoms with Crippen molar-refractivity contribution in [2.75, 3.05) is 12.4 Å². The Morgan fingerprint density at radius 1 is 1.35 bits per heavy atom. The normalized spacial score (nSPS) is 17.4. The molecule has 1 amide bonds. The van der Waals surface area contributed by atoms with Crippen molar-refractivity contribution in [3.05, 3.63) is 29.0 Å². The van der Waals surface area contributed by atoms with Crippen molar-refractivity contribution in [2.45, 2.75) is 37.8 Å². The van der Waals surface area contributed by atoms with Crippen molar-refractivity contribution in [2.24, 2.45) is 0 Å². The van der Waals surface area contributed by atoms with Gasteiger partial charge in [0, 0.05) is 5.69 Å². The number of alkyl carbamates (subject to hydrolysis) is 1. The SMILES string of the molecule is COC(=O)NC1(Nc2ccc(F)c(Cl)c2)CCCCC1. The minimum absolute atomic E-state index is 0.0547. The summed E-state index contributed by atoms with van der Waals surface area (Å²) in [7, 11) is 1.33. The van der Waals surface area contributed by atoms with Crippen LogP contribution >= 0.6 is 11.6 Å². The topological polar surface area (TPSA) is 50.4 Å². The summed E-state index contributed by atoms with van der Waals surface area (Å²) in [6.45, 7) is 0. The van der Waals surface area contributed by atoms with Crippen LogP contribution in [0.1, 0.15) is 32.1 Å². The fraction of sp³-hybridized carbons (Fsp3) is 0.500. The molecule has 2 rings (SSSR count). The molecule has 2 N–H and O–H groups in total. The van der Waals surface area contributed by atoms with E-state index in [4.69, 9.17) is 11.6 Å². The van der Waals surface area contributed by atoms with E-state index >= 15 is 0 Å². The van der Waals surface area contributed by atoms with Crippen LogP contribution < -0.4 is 10.6 Å². The molecule has 0 unspecified atom stereocenters. The maximum absolute atomic E-state index is 13.2. The molecular weight excluding hydrogens is 283 g/mol. The number of nitrogens with one attached hydrogen (secondary N) is 2. The number of rotatable bonds is 3. The fourth-order valence-corrected chi connectivity index (χ4v) is 2.71. The van der Waals surface area contributed by atoms with Crippen LogP contribution in [0.3, 0.4) is 0 Å². The average Bonchev–Trinajstić information content (AvgIpc) is 2.43. The van der Waals surface area contributed by atoms with Gasteiger partial charge in [-0.25, -0.2) is 9.18 Å². The van der Waals surface area contributed by atoms with E-state index < -0.39 is 17.6 Å². The van der Waals surface area contributed by atoms with Crippen molar-refractivity contribution in [3.8, 4) is 0 Å². The van der Waals surface area contributed by atoms with Gasteiger partial charge in [-0.3, -0.25) is 5.32 Å². The van der Waals surface area contributed by atoms with Crippen molar-refractivity contribution >= 4 is 23.4 Å². The first-order valence-electron chi connectivity index (χ1n) is 6.64. The predicted molar refractivity (Wildman–Crippen MR) is 76.4 cm³/mol. The highest BCUT2D eigenvalue weighted by atomic mass is 35.5. The quantitative estimate of drug-likeness (QED) is 0.832. The van der Waals surface area contributed by atoms with Crippen molar-refractivity contribution < 1.29 is 13.9 Å². The second kappa shape index (κ2) is 6.31. The van der Waals surface area contributed by atoms with E-state index in [9.17, 15) is 9.18 Å². The van der Waals surface area contributed by atoms with Crippen LogP contribution in [0.15, 0.2) is 18.2 Å². The van der Waals surface area contributed by atoms with Gasteiger partial charge in [-0.2, -0.15) is 0 Å². The number of ether oxygens (including phenoxy) is 1. The largest absolute Gasteiger partial charge is 0.453 e. The zero-order valence-corrected chi connectivity index (χ0v) is 12.1. The third-order valence-electron chi connectivity index (χ3n) is 3.54. The van der Waals surface area contributed by atoms with Gasteiger partial charge in [-0.15, -0.1) is 0 Å². The van der Waals surface area contributed by atoms with E-state index in [1.165, 1.54) is 19.2 Å². The first-order chi connectivity index (χ1) is 9.54. The Balaban J connectivity index is 2.18. The lowest BCUT2D eigenvalue weighted by Gasteiger charge is -2.39. The molecule has 1 aromatic carbocycles. The fourth-order valence-electron chi connectivity index (χ4n) is 2.53. The Labute approximate surface area is 122 Å². The van der Waals surface area contributed by atoms with Gasteiger partial charge in [0.05, 0.1) is 12.1 Å². The number of hydrogen-bond acceptors (Lipinski definition) is 3. The lowest BCUT2D eigenvalue weighted by Crippen LogP contribution is -2.55. The van der Waals surface area contributed by atoms with E-state index in [2.05, 4.69) is 15.4 Å². The standard InChI is InChI=1S/C14H18ClFN2O2/c1-20-13(19)18-14(7-3-2-4-8-14)17-10-5-6-12(16)11(15)9-10/h5-6,9,17H,2-4,7-8H2,1H3,(H,18,19). The summed E-state index contributed by atoms with van der Waals surface area (Å²) in [5.41, 5.74) is 0.113. The van der Waals surface area contributed by atoms with Crippen molar-refractivity contribution in [1.29, 1.82) is 0 Å². The molecule has 0 saturated heterocycles. The summed E-state index contributed by atoms with van der Waals surface area (Å²) in [5, 5.41) is 6.17. The lowest BCUT2D eigenvalue weighted by atomic mass is 9.88. The van der Waals surface area contributed by atoms with Crippen molar-refractivity contribution in [3.63, 3.8) is 0 Å². The minimum atomic E-state index is -0.563. The van der Waals surface area contributed by atoms with Crippen molar-refractivity contribution in [1.82, 2.24) is 5.32 Å². The van der Waals surface area contributed by atoms with Crippen LogP contribution in [-0.2, 0) is 4.74 Å². The van der Waals surface area contributed by atoms with Crippen LogP contribution in [0.2, 0.25) is 5.02 Å². The number of halogens is 2. The van der Waals surface area contributed by atoms with E-state index in [1.807, 2.05) is 0 Å². The molecule has 6 heteroatoms. The van der Waals surface area contributed by atoms with E-state index in [-0.39, 0.29) is 5.02 Å². The van der Waals surface area contributed by atoms with Gasteiger partial charge >= 0.3 is 6.09 Å². The molecular formula is C14H18ClFN2O2. The predicted octanol–water partition coefficient (Wildman–Crippen LogP) is 3.91. The van der Waals surface area contributed by atoms with Crippen LogP contribution in [0.4, 0.5) is 14.9 Å². The van der Waals surface area contributed by atoms with Crippen LogP contribution in [0.25, 0.3) is 0 Å². The van der Waals surface area contributed by atoms with Crippen LogP contribution in [0, 0.1) is 5.82 Å². The zero-order valence-electron chi connectivity index (χ0n) is 11.3.